The maximum atomic E-state index is 5.85. The van der Waals surface area contributed by atoms with Crippen LogP contribution in [0.5, 0.6) is 0 Å². The van der Waals surface area contributed by atoms with Gasteiger partial charge in [0.15, 0.2) is 0 Å². The third-order valence-electron chi connectivity index (χ3n) is 3.39. The van der Waals surface area contributed by atoms with Crippen LogP contribution in [0, 0.1) is 11.8 Å². The van der Waals surface area contributed by atoms with Crippen molar-refractivity contribution < 1.29 is 0 Å². The van der Waals surface area contributed by atoms with E-state index in [0.717, 1.165) is 29.1 Å². The van der Waals surface area contributed by atoms with Gasteiger partial charge in [-0.05, 0) is 37.5 Å². The summed E-state index contributed by atoms with van der Waals surface area (Å²) in [4.78, 5) is 2.53. The number of hydrogen-bond acceptors (Lipinski definition) is 5. The molecule has 1 aromatic heterocycles. The van der Waals surface area contributed by atoms with Crippen LogP contribution >= 0.6 is 11.5 Å². The summed E-state index contributed by atoms with van der Waals surface area (Å²) < 4.78 is 3.90. The van der Waals surface area contributed by atoms with Gasteiger partial charge in [0.1, 0.15) is 10.7 Å². The van der Waals surface area contributed by atoms with Crippen LogP contribution < -0.4 is 5.73 Å². The standard InChI is InChI=1S/C11H18N4S/c12-11-10(13-14-16-11)7-15(5-8-1-2-8)6-9-3-4-9/h8-9H,1-7,12H2. The highest BCUT2D eigenvalue weighted by Crippen LogP contribution is 2.34. The number of nitrogen functional groups attached to an aromatic ring is 1. The van der Waals surface area contributed by atoms with E-state index >= 15 is 0 Å². The fraction of sp³-hybridized carbons (Fsp3) is 0.818. The van der Waals surface area contributed by atoms with Crippen molar-refractivity contribution in [3.05, 3.63) is 5.69 Å². The molecule has 0 radical (unpaired) electrons. The molecule has 3 rings (SSSR count). The van der Waals surface area contributed by atoms with Crippen molar-refractivity contribution in [3.8, 4) is 0 Å². The average molecular weight is 238 g/mol. The van der Waals surface area contributed by atoms with E-state index in [9.17, 15) is 0 Å². The number of hydrogen-bond donors (Lipinski definition) is 1. The number of rotatable bonds is 6. The molecular weight excluding hydrogens is 220 g/mol. The minimum Gasteiger partial charge on any atom is -0.388 e. The first kappa shape index (κ1) is 10.5. The first-order chi connectivity index (χ1) is 7.81. The summed E-state index contributed by atoms with van der Waals surface area (Å²) >= 11 is 1.31. The van der Waals surface area contributed by atoms with Crippen molar-refractivity contribution in [1.82, 2.24) is 14.5 Å². The molecule has 1 heterocycles. The maximum absolute atomic E-state index is 5.85. The highest BCUT2D eigenvalue weighted by atomic mass is 32.1. The predicted octanol–water partition coefficient (Wildman–Crippen LogP) is 1.74. The molecule has 0 saturated heterocycles. The minimum atomic E-state index is 0.789. The summed E-state index contributed by atoms with van der Waals surface area (Å²) in [6, 6.07) is 0. The van der Waals surface area contributed by atoms with Gasteiger partial charge in [0, 0.05) is 31.2 Å². The van der Waals surface area contributed by atoms with Gasteiger partial charge in [0.25, 0.3) is 0 Å². The summed E-state index contributed by atoms with van der Waals surface area (Å²) in [5.41, 5.74) is 6.83. The molecule has 0 aromatic carbocycles. The summed E-state index contributed by atoms with van der Waals surface area (Å²) in [5, 5.41) is 4.90. The van der Waals surface area contributed by atoms with Gasteiger partial charge >= 0.3 is 0 Å². The quantitative estimate of drug-likeness (QED) is 0.820. The Kier molecular flexibility index (Phi) is 2.81. The molecule has 0 amide bonds. The lowest BCUT2D eigenvalue weighted by molar-refractivity contribution is 0.242. The Morgan fingerprint density at radius 3 is 2.25 bits per heavy atom. The summed E-state index contributed by atoms with van der Waals surface area (Å²) in [5.74, 6) is 1.87. The molecule has 2 N–H and O–H groups in total. The van der Waals surface area contributed by atoms with Gasteiger partial charge in [0.2, 0.25) is 0 Å². The highest BCUT2D eigenvalue weighted by molar-refractivity contribution is 7.09. The number of aromatic nitrogens is 2. The zero-order valence-electron chi connectivity index (χ0n) is 9.43. The molecule has 0 spiro atoms. The van der Waals surface area contributed by atoms with Crippen molar-refractivity contribution in [1.29, 1.82) is 0 Å². The second-order valence-electron chi connectivity index (χ2n) is 5.16. The van der Waals surface area contributed by atoms with Gasteiger partial charge in [-0.2, -0.15) is 0 Å². The monoisotopic (exact) mass is 238 g/mol. The molecule has 1 aromatic rings. The van der Waals surface area contributed by atoms with Gasteiger partial charge in [-0.25, -0.2) is 0 Å². The van der Waals surface area contributed by atoms with Crippen molar-refractivity contribution in [2.24, 2.45) is 11.8 Å². The van der Waals surface area contributed by atoms with Crippen LogP contribution in [0.2, 0.25) is 0 Å². The fourth-order valence-corrected chi connectivity index (χ4v) is 2.51. The first-order valence-electron chi connectivity index (χ1n) is 6.10. The molecule has 2 aliphatic rings. The molecule has 4 nitrogen and oxygen atoms in total. The largest absolute Gasteiger partial charge is 0.388 e. The maximum Gasteiger partial charge on any atom is 0.132 e. The highest BCUT2D eigenvalue weighted by Gasteiger charge is 2.29. The summed E-state index contributed by atoms with van der Waals surface area (Å²) in [6.45, 7) is 3.36. The lowest BCUT2D eigenvalue weighted by Gasteiger charge is -2.20. The van der Waals surface area contributed by atoms with E-state index in [1.54, 1.807) is 0 Å². The molecule has 0 unspecified atom stereocenters. The van der Waals surface area contributed by atoms with Crippen LogP contribution in [-0.4, -0.2) is 27.6 Å². The van der Waals surface area contributed by atoms with E-state index in [4.69, 9.17) is 5.73 Å². The van der Waals surface area contributed by atoms with E-state index in [-0.39, 0.29) is 0 Å². The lowest BCUT2D eigenvalue weighted by Crippen LogP contribution is -2.28. The molecular formula is C11H18N4S. The lowest BCUT2D eigenvalue weighted by atomic mass is 10.3. The van der Waals surface area contributed by atoms with E-state index in [1.165, 1.54) is 50.3 Å². The van der Waals surface area contributed by atoms with E-state index in [0.29, 0.717) is 0 Å². The fourth-order valence-electron chi connectivity index (χ4n) is 2.07. The van der Waals surface area contributed by atoms with E-state index in [2.05, 4.69) is 14.5 Å². The Morgan fingerprint density at radius 2 is 1.81 bits per heavy atom. The Balaban J connectivity index is 1.59. The number of nitrogens with two attached hydrogens (primary N) is 1. The number of nitrogens with zero attached hydrogens (tertiary/aromatic N) is 3. The molecule has 0 atom stereocenters. The molecule has 2 aliphatic carbocycles. The van der Waals surface area contributed by atoms with Crippen LogP contribution in [-0.2, 0) is 6.54 Å². The van der Waals surface area contributed by atoms with Gasteiger partial charge in [0.05, 0.1) is 0 Å². The Labute approximate surface area is 100.0 Å². The Bertz CT molecular complexity index is 343. The van der Waals surface area contributed by atoms with Gasteiger partial charge < -0.3 is 5.73 Å². The normalized spacial score (nSPS) is 20.6. The topological polar surface area (TPSA) is 55.0 Å². The minimum absolute atomic E-state index is 0.789. The van der Waals surface area contributed by atoms with Crippen molar-refractivity contribution in [2.75, 3.05) is 18.8 Å². The molecule has 16 heavy (non-hydrogen) atoms. The third kappa shape index (κ3) is 2.71. The van der Waals surface area contributed by atoms with Crippen molar-refractivity contribution >= 4 is 16.5 Å². The van der Waals surface area contributed by atoms with Gasteiger partial charge in [-0.3, -0.25) is 4.90 Å². The zero-order valence-corrected chi connectivity index (χ0v) is 10.2. The summed E-state index contributed by atoms with van der Waals surface area (Å²) in [7, 11) is 0. The molecule has 0 bridgehead atoms. The van der Waals surface area contributed by atoms with Crippen LogP contribution in [0.1, 0.15) is 31.4 Å². The van der Waals surface area contributed by atoms with Gasteiger partial charge in [-0.15, -0.1) is 5.10 Å². The smallest absolute Gasteiger partial charge is 0.132 e. The Morgan fingerprint density at radius 1 is 1.19 bits per heavy atom. The van der Waals surface area contributed by atoms with Crippen LogP contribution in [0.25, 0.3) is 0 Å². The van der Waals surface area contributed by atoms with E-state index in [1.807, 2.05) is 0 Å². The molecule has 2 fully saturated rings. The predicted molar refractivity (Wildman–Crippen MR) is 65.0 cm³/mol. The molecule has 0 aliphatic heterocycles. The van der Waals surface area contributed by atoms with Gasteiger partial charge in [-0.1, -0.05) is 4.49 Å². The van der Waals surface area contributed by atoms with Crippen molar-refractivity contribution in [2.45, 2.75) is 32.2 Å². The van der Waals surface area contributed by atoms with Crippen molar-refractivity contribution in [3.63, 3.8) is 0 Å². The third-order valence-corrected chi connectivity index (χ3v) is 3.98. The molecule has 5 heteroatoms. The SMILES string of the molecule is Nc1snnc1CN(CC1CC1)CC1CC1. The molecule has 88 valence electrons. The molecule has 2 saturated carbocycles. The summed E-state index contributed by atoms with van der Waals surface area (Å²) in [6.07, 6.45) is 5.63. The van der Waals surface area contributed by atoms with Crippen LogP contribution in [0.15, 0.2) is 0 Å². The second-order valence-corrected chi connectivity index (χ2v) is 5.95. The number of anilines is 1. The van der Waals surface area contributed by atoms with Crippen LogP contribution in [0.4, 0.5) is 5.00 Å². The van der Waals surface area contributed by atoms with Crippen LogP contribution in [0.3, 0.4) is 0 Å². The first-order valence-corrected chi connectivity index (χ1v) is 6.87. The second kappa shape index (κ2) is 4.30. The zero-order chi connectivity index (χ0) is 11.0. The van der Waals surface area contributed by atoms with E-state index < -0.39 is 0 Å². The Hall–Kier alpha value is -0.680. The average Bonchev–Trinajstić information content (AvgIpc) is 3.14.